The molecule has 0 unspecified atom stereocenters. The van der Waals surface area contributed by atoms with E-state index in [1.165, 1.54) is 0 Å². The van der Waals surface area contributed by atoms with Crippen LogP contribution in [0.4, 0.5) is 0 Å². The van der Waals surface area contributed by atoms with Gasteiger partial charge < -0.3 is 4.90 Å². The van der Waals surface area contributed by atoms with Crippen LogP contribution >= 0.6 is 0 Å². The zero-order valence-electron chi connectivity index (χ0n) is 8.95. The van der Waals surface area contributed by atoms with Crippen LogP contribution in [0, 0.1) is 6.92 Å². The lowest BCUT2D eigenvalue weighted by Gasteiger charge is -2.19. The summed E-state index contributed by atoms with van der Waals surface area (Å²) in [5.74, 6) is 0.0700. The maximum absolute atomic E-state index is 11.9. The van der Waals surface area contributed by atoms with E-state index in [0.717, 1.165) is 18.8 Å². The van der Waals surface area contributed by atoms with Crippen molar-refractivity contribution in [3.05, 3.63) is 29.6 Å². The van der Waals surface area contributed by atoms with Gasteiger partial charge in [-0.05, 0) is 32.9 Å². The van der Waals surface area contributed by atoms with Gasteiger partial charge in [0.2, 0.25) is 0 Å². The smallest absolute Gasteiger partial charge is 0.255 e. The van der Waals surface area contributed by atoms with Crippen LogP contribution < -0.4 is 0 Å². The Morgan fingerprint density at radius 3 is 2.57 bits per heavy atom. The Morgan fingerprint density at radius 2 is 2.07 bits per heavy atom. The molecule has 1 heterocycles. The molecule has 0 saturated heterocycles. The fourth-order valence-corrected chi connectivity index (χ4v) is 1.39. The molecule has 0 atom stereocenters. The van der Waals surface area contributed by atoms with E-state index < -0.39 is 0 Å². The van der Waals surface area contributed by atoms with E-state index in [0.29, 0.717) is 5.56 Å². The number of pyridine rings is 1. The Labute approximate surface area is 84.8 Å². The van der Waals surface area contributed by atoms with Crippen molar-refractivity contribution in [2.24, 2.45) is 0 Å². The van der Waals surface area contributed by atoms with E-state index in [4.69, 9.17) is 0 Å². The zero-order chi connectivity index (χ0) is 10.6. The Balaban J connectivity index is 2.94. The number of aromatic nitrogens is 1. The molecule has 0 aromatic carbocycles. The molecule has 0 saturated carbocycles. The van der Waals surface area contributed by atoms with Gasteiger partial charge >= 0.3 is 0 Å². The lowest BCUT2D eigenvalue weighted by molar-refractivity contribution is 0.0772. The molecule has 0 aliphatic heterocycles. The summed E-state index contributed by atoms with van der Waals surface area (Å²) in [6.45, 7) is 7.30. The standard InChI is InChI=1S/C11H16N2O/c1-4-13(5-2)11(14)10-7-6-8-12-9(10)3/h6-8H,4-5H2,1-3H3. The summed E-state index contributed by atoms with van der Waals surface area (Å²) in [7, 11) is 0. The number of hydrogen-bond acceptors (Lipinski definition) is 2. The lowest BCUT2D eigenvalue weighted by Crippen LogP contribution is -2.31. The fraction of sp³-hybridized carbons (Fsp3) is 0.455. The first-order valence-electron chi connectivity index (χ1n) is 4.91. The summed E-state index contributed by atoms with van der Waals surface area (Å²) < 4.78 is 0. The summed E-state index contributed by atoms with van der Waals surface area (Å²) in [4.78, 5) is 17.8. The van der Waals surface area contributed by atoms with E-state index in [1.54, 1.807) is 17.2 Å². The minimum Gasteiger partial charge on any atom is -0.339 e. The first-order chi connectivity index (χ1) is 6.70. The highest BCUT2D eigenvalue weighted by Crippen LogP contribution is 2.07. The number of rotatable bonds is 3. The van der Waals surface area contributed by atoms with Gasteiger partial charge in [-0.3, -0.25) is 9.78 Å². The predicted molar refractivity (Wildman–Crippen MR) is 56.2 cm³/mol. The molecule has 0 N–H and O–H groups in total. The van der Waals surface area contributed by atoms with E-state index in [-0.39, 0.29) is 5.91 Å². The quantitative estimate of drug-likeness (QED) is 0.732. The number of carbonyl (C=O) groups is 1. The van der Waals surface area contributed by atoms with Crippen molar-refractivity contribution in [2.45, 2.75) is 20.8 Å². The predicted octanol–water partition coefficient (Wildman–Crippen LogP) is 1.87. The molecule has 3 heteroatoms. The number of amides is 1. The van der Waals surface area contributed by atoms with Gasteiger partial charge in [0, 0.05) is 25.0 Å². The lowest BCUT2D eigenvalue weighted by atomic mass is 10.2. The van der Waals surface area contributed by atoms with Crippen molar-refractivity contribution in [3.8, 4) is 0 Å². The Hall–Kier alpha value is -1.38. The third-order valence-corrected chi connectivity index (χ3v) is 2.29. The molecule has 0 radical (unpaired) electrons. The summed E-state index contributed by atoms with van der Waals surface area (Å²) in [6, 6.07) is 3.62. The first kappa shape index (κ1) is 10.7. The molecule has 0 spiro atoms. The summed E-state index contributed by atoms with van der Waals surface area (Å²) in [5.41, 5.74) is 1.50. The van der Waals surface area contributed by atoms with Gasteiger partial charge in [0.05, 0.1) is 5.56 Å². The summed E-state index contributed by atoms with van der Waals surface area (Å²) in [5, 5.41) is 0. The van der Waals surface area contributed by atoms with Gasteiger partial charge in [0.25, 0.3) is 5.91 Å². The number of aryl methyl sites for hydroxylation is 1. The second-order valence-corrected chi connectivity index (χ2v) is 3.11. The topological polar surface area (TPSA) is 33.2 Å². The van der Waals surface area contributed by atoms with Crippen LogP contribution in [-0.2, 0) is 0 Å². The van der Waals surface area contributed by atoms with Crippen molar-refractivity contribution in [2.75, 3.05) is 13.1 Å². The van der Waals surface area contributed by atoms with Crippen molar-refractivity contribution in [3.63, 3.8) is 0 Å². The zero-order valence-corrected chi connectivity index (χ0v) is 8.95. The molecule has 3 nitrogen and oxygen atoms in total. The second-order valence-electron chi connectivity index (χ2n) is 3.11. The molecule has 1 aromatic rings. The van der Waals surface area contributed by atoms with Gasteiger partial charge in [0.15, 0.2) is 0 Å². The van der Waals surface area contributed by atoms with E-state index >= 15 is 0 Å². The molecular formula is C11H16N2O. The van der Waals surface area contributed by atoms with E-state index in [1.807, 2.05) is 26.8 Å². The molecule has 0 fully saturated rings. The van der Waals surface area contributed by atoms with Crippen molar-refractivity contribution < 1.29 is 4.79 Å². The van der Waals surface area contributed by atoms with Gasteiger partial charge in [-0.2, -0.15) is 0 Å². The highest BCUT2D eigenvalue weighted by Gasteiger charge is 2.14. The maximum atomic E-state index is 11.9. The van der Waals surface area contributed by atoms with Gasteiger partial charge in [-0.15, -0.1) is 0 Å². The van der Waals surface area contributed by atoms with Crippen molar-refractivity contribution in [1.82, 2.24) is 9.88 Å². The first-order valence-corrected chi connectivity index (χ1v) is 4.91. The molecule has 76 valence electrons. The van der Waals surface area contributed by atoms with Crippen LogP contribution in [-0.4, -0.2) is 28.9 Å². The average Bonchev–Trinajstić information content (AvgIpc) is 2.20. The van der Waals surface area contributed by atoms with Crippen molar-refractivity contribution >= 4 is 5.91 Å². The Kier molecular flexibility index (Phi) is 3.63. The third-order valence-electron chi connectivity index (χ3n) is 2.29. The monoisotopic (exact) mass is 192 g/mol. The Morgan fingerprint density at radius 1 is 1.43 bits per heavy atom. The molecule has 0 aliphatic carbocycles. The highest BCUT2D eigenvalue weighted by atomic mass is 16.2. The fourth-order valence-electron chi connectivity index (χ4n) is 1.39. The summed E-state index contributed by atoms with van der Waals surface area (Å²) in [6.07, 6.45) is 1.70. The molecule has 1 aromatic heterocycles. The van der Waals surface area contributed by atoms with Gasteiger partial charge in [-0.25, -0.2) is 0 Å². The minimum atomic E-state index is 0.0700. The molecule has 1 amide bonds. The van der Waals surface area contributed by atoms with E-state index in [9.17, 15) is 4.79 Å². The van der Waals surface area contributed by atoms with Crippen LogP contribution in [0.1, 0.15) is 29.9 Å². The minimum absolute atomic E-state index is 0.0700. The molecule has 0 bridgehead atoms. The molecular weight excluding hydrogens is 176 g/mol. The SMILES string of the molecule is CCN(CC)C(=O)c1cccnc1C. The van der Waals surface area contributed by atoms with E-state index in [2.05, 4.69) is 4.98 Å². The molecule has 14 heavy (non-hydrogen) atoms. The largest absolute Gasteiger partial charge is 0.339 e. The van der Waals surface area contributed by atoms with Crippen LogP contribution in [0.25, 0.3) is 0 Å². The highest BCUT2D eigenvalue weighted by molar-refractivity contribution is 5.95. The number of hydrogen-bond donors (Lipinski definition) is 0. The van der Waals surface area contributed by atoms with Crippen LogP contribution in [0.3, 0.4) is 0 Å². The maximum Gasteiger partial charge on any atom is 0.255 e. The third kappa shape index (κ3) is 2.10. The average molecular weight is 192 g/mol. The molecule has 1 rings (SSSR count). The van der Waals surface area contributed by atoms with Gasteiger partial charge in [0.1, 0.15) is 0 Å². The Bertz CT molecular complexity index is 319. The summed E-state index contributed by atoms with van der Waals surface area (Å²) >= 11 is 0. The van der Waals surface area contributed by atoms with Gasteiger partial charge in [-0.1, -0.05) is 0 Å². The van der Waals surface area contributed by atoms with Crippen LogP contribution in [0.15, 0.2) is 18.3 Å². The number of carbonyl (C=O) groups excluding carboxylic acids is 1. The van der Waals surface area contributed by atoms with Crippen LogP contribution in [0.2, 0.25) is 0 Å². The normalized spacial score (nSPS) is 9.93. The number of nitrogens with zero attached hydrogens (tertiary/aromatic N) is 2. The van der Waals surface area contributed by atoms with Crippen LogP contribution in [0.5, 0.6) is 0 Å². The van der Waals surface area contributed by atoms with Crippen molar-refractivity contribution in [1.29, 1.82) is 0 Å². The molecule has 0 aliphatic rings. The second kappa shape index (κ2) is 4.74.